The third-order valence-corrected chi connectivity index (χ3v) is 14.5. The van der Waals surface area contributed by atoms with Crippen LogP contribution in [0.5, 0.6) is 0 Å². The molecule has 35 heavy (non-hydrogen) atoms. The number of hydrogen-bond acceptors (Lipinski definition) is 1. The molecule has 0 aliphatic heterocycles. The van der Waals surface area contributed by atoms with E-state index < -0.39 is 0 Å². The lowest BCUT2D eigenvalue weighted by atomic mass is 9.45. The Kier molecular flexibility index (Phi) is 6.26. The van der Waals surface area contributed by atoms with Gasteiger partial charge in [-0.1, -0.05) is 71.6 Å². The van der Waals surface area contributed by atoms with E-state index in [9.17, 15) is 0 Å². The van der Waals surface area contributed by atoms with Crippen LogP contribution >= 0.6 is 11.8 Å². The minimum Gasteiger partial charge on any atom is -0.122 e. The maximum Gasteiger partial charge on any atom is 0.0162 e. The molecule has 0 bridgehead atoms. The normalized spacial score (nSPS) is 46.6. The van der Waals surface area contributed by atoms with Crippen LogP contribution in [0.4, 0.5) is 0 Å². The average Bonchev–Trinajstić information content (AvgIpc) is 3.33. The van der Waals surface area contributed by atoms with Crippen LogP contribution in [0.15, 0.2) is 29.2 Å². The highest BCUT2D eigenvalue weighted by molar-refractivity contribution is 8.00. The van der Waals surface area contributed by atoms with E-state index in [1.165, 1.54) is 68.2 Å². The molecule has 0 nitrogen and oxygen atoms in total. The Morgan fingerprint density at radius 1 is 0.914 bits per heavy atom. The summed E-state index contributed by atoms with van der Waals surface area (Å²) in [7, 11) is 0. The second kappa shape index (κ2) is 8.81. The second-order valence-electron chi connectivity index (χ2n) is 15.0. The Hall–Kier alpha value is -0.430. The van der Waals surface area contributed by atoms with E-state index in [4.69, 9.17) is 0 Å². The van der Waals surface area contributed by atoms with Gasteiger partial charge in [0.15, 0.2) is 0 Å². The van der Waals surface area contributed by atoms with E-state index >= 15 is 0 Å². The highest BCUT2D eigenvalue weighted by Gasteiger charge is 2.77. The van der Waals surface area contributed by atoms with Gasteiger partial charge in [-0.25, -0.2) is 0 Å². The molecule has 0 amide bonds. The van der Waals surface area contributed by atoms with Crippen LogP contribution in [0.1, 0.15) is 111 Å². The monoisotopic (exact) mass is 492 g/mol. The van der Waals surface area contributed by atoms with Gasteiger partial charge in [0.05, 0.1) is 0 Å². The molecule has 0 aromatic heterocycles. The molecule has 10 atom stereocenters. The molecule has 194 valence electrons. The minimum atomic E-state index is 0.611. The summed E-state index contributed by atoms with van der Waals surface area (Å²) in [5, 5.41) is 0.855. The number of hydrogen-bond donors (Lipinski definition) is 0. The van der Waals surface area contributed by atoms with E-state index in [1.807, 2.05) is 0 Å². The largest absolute Gasteiger partial charge is 0.122 e. The average molecular weight is 493 g/mol. The van der Waals surface area contributed by atoms with Crippen molar-refractivity contribution in [2.75, 3.05) is 0 Å². The van der Waals surface area contributed by atoms with Gasteiger partial charge in [0.25, 0.3) is 0 Å². The van der Waals surface area contributed by atoms with Crippen molar-refractivity contribution in [1.82, 2.24) is 0 Å². The predicted octanol–water partition coefficient (Wildman–Crippen LogP) is 10.2. The summed E-state index contributed by atoms with van der Waals surface area (Å²) in [5.74, 6) is 6.79. The zero-order valence-electron chi connectivity index (χ0n) is 23.6. The van der Waals surface area contributed by atoms with Crippen LogP contribution in [0, 0.1) is 64.6 Å². The Bertz CT molecular complexity index is 917. The van der Waals surface area contributed by atoms with Gasteiger partial charge in [0, 0.05) is 10.1 Å². The molecule has 5 saturated carbocycles. The highest BCUT2D eigenvalue weighted by atomic mass is 32.2. The Morgan fingerprint density at radius 2 is 1.69 bits per heavy atom. The second-order valence-corrected chi connectivity index (χ2v) is 16.2. The van der Waals surface area contributed by atoms with E-state index in [0.29, 0.717) is 16.2 Å². The van der Waals surface area contributed by atoms with Crippen LogP contribution in [0.25, 0.3) is 0 Å². The molecule has 5 fully saturated rings. The molecule has 6 rings (SSSR count). The van der Waals surface area contributed by atoms with Gasteiger partial charge in [-0.2, -0.15) is 0 Å². The van der Waals surface area contributed by atoms with Crippen LogP contribution < -0.4 is 0 Å². The first-order chi connectivity index (χ1) is 16.7. The number of fused-ring (bicyclic) bond motifs is 4. The van der Waals surface area contributed by atoms with Crippen molar-refractivity contribution < 1.29 is 0 Å². The maximum absolute atomic E-state index is 2.79. The van der Waals surface area contributed by atoms with Gasteiger partial charge >= 0.3 is 0 Å². The summed E-state index contributed by atoms with van der Waals surface area (Å²) in [5.41, 5.74) is 3.29. The van der Waals surface area contributed by atoms with Crippen LogP contribution in [-0.2, 0) is 0 Å². The van der Waals surface area contributed by atoms with Crippen molar-refractivity contribution in [3.05, 3.63) is 29.8 Å². The molecule has 0 saturated heterocycles. The Morgan fingerprint density at radius 3 is 2.40 bits per heavy atom. The molecule has 0 N–H and O–H groups in total. The first-order valence-electron chi connectivity index (χ1n) is 15.4. The maximum atomic E-state index is 2.79. The van der Waals surface area contributed by atoms with Gasteiger partial charge in [-0.05, 0) is 128 Å². The van der Waals surface area contributed by atoms with Gasteiger partial charge < -0.3 is 0 Å². The summed E-state index contributed by atoms with van der Waals surface area (Å²) < 4.78 is 0. The van der Waals surface area contributed by atoms with Crippen molar-refractivity contribution >= 4 is 11.8 Å². The van der Waals surface area contributed by atoms with E-state index in [1.54, 1.807) is 12.8 Å². The first-order valence-corrected chi connectivity index (χ1v) is 16.3. The summed E-state index contributed by atoms with van der Waals surface area (Å²) >= 11 is 2.30. The van der Waals surface area contributed by atoms with E-state index in [2.05, 4.69) is 77.6 Å². The third-order valence-electron chi connectivity index (χ3n) is 13.0. The van der Waals surface area contributed by atoms with Gasteiger partial charge in [-0.15, -0.1) is 11.8 Å². The summed E-state index contributed by atoms with van der Waals surface area (Å²) in [6, 6.07) is 9.51. The van der Waals surface area contributed by atoms with Crippen LogP contribution in [0.3, 0.4) is 0 Å². The lowest BCUT2D eigenvalue weighted by molar-refractivity contribution is -0.101. The number of aryl methyl sites for hydroxylation is 1. The molecule has 0 heterocycles. The molecule has 0 radical (unpaired) electrons. The molecule has 1 heteroatoms. The minimum absolute atomic E-state index is 0.611. The van der Waals surface area contributed by atoms with Gasteiger partial charge in [0.1, 0.15) is 0 Å². The fourth-order valence-corrected chi connectivity index (χ4v) is 12.9. The first kappa shape index (κ1) is 24.9. The fourth-order valence-electron chi connectivity index (χ4n) is 11.2. The summed E-state index contributed by atoms with van der Waals surface area (Å²) in [6.07, 6.45) is 16.6. The lowest BCUT2D eigenvalue weighted by Gasteiger charge is -2.61. The zero-order valence-corrected chi connectivity index (χ0v) is 24.4. The fraction of sp³-hybridized carbons (Fsp3) is 0.824. The number of thioether (sulfide) groups is 1. The molecule has 0 unspecified atom stereocenters. The van der Waals surface area contributed by atoms with Gasteiger partial charge in [-0.3, -0.25) is 0 Å². The molecule has 1 aromatic carbocycles. The van der Waals surface area contributed by atoms with E-state index in [0.717, 1.165) is 46.7 Å². The molecular formula is C34H52S. The molecule has 1 spiro atoms. The summed E-state index contributed by atoms with van der Waals surface area (Å²) in [4.78, 5) is 1.54. The van der Waals surface area contributed by atoms with Crippen molar-refractivity contribution in [2.45, 2.75) is 122 Å². The van der Waals surface area contributed by atoms with Gasteiger partial charge in [0.2, 0.25) is 0 Å². The molecule has 5 aliphatic rings. The topological polar surface area (TPSA) is 0 Å². The van der Waals surface area contributed by atoms with Crippen molar-refractivity contribution in [2.24, 2.45) is 57.7 Å². The highest BCUT2D eigenvalue weighted by Crippen LogP contribution is 2.83. The van der Waals surface area contributed by atoms with Crippen LogP contribution in [-0.4, -0.2) is 5.25 Å². The zero-order chi connectivity index (χ0) is 24.6. The number of benzene rings is 1. The Balaban J connectivity index is 1.25. The van der Waals surface area contributed by atoms with Crippen molar-refractivity contribution in [3.63, 3.8) is 0 Å². The quantitative estimate of drug-likeness (QED) is 0.365. The number of rotatable bonds is 7. The van der Waals surface area contributed by atoms with Crippen molar-refractivity contribution in [1.29, 1.82) is 0 Å². The van der Waals surface area contributed by atoms with Crippen molar-refractivity contribution in [3.8, 4) is 0 Å². The molecule has 1 aromatic rings. The summed E-state index contributed by atoms with van der Waals surface area (Å²) in [6.45, 7) is 15.2. The molecular weight excluding hydrogens is 440 g/mol. The smallest absolute Gasteiger partial charge is 0.0162 e. The predicted molar refractivity (Wildman–Crippen MR) is 152 cm³/mol. The lowest BCUT2D eigenvalue weighted by Crippen LogP contribution is -2.56. The van der Waals surface area contributed by atoms with E-state index in [-0.39, 0.29) is 0 Å². The molecule has 5 aliphatic carbocycles. The standard InChI is InChI=1S/C34H52S/c1-22(2)8-7-9-24(4)28-14-15-29-27-20-31(35-26-12-10-23(3)11-13-26)34-21-25(34)16-19-33(34,6)30(27)17-18-32(28,29)5/h10-13,22,24-25,27-31H,7-9,14-21H2,1-6H3/t24-,25-,27+,28-,29+,30+,31-,32-,33-,34+/m1/s1. The SMILES string of the molecule is Cc1ccc(S[C@@H]2C[C@H]3[C@@H]4CC[C@H]([C@H](C)CCCC(C)C)[C@@]4(C)CC[C@@H]3[C@@]3(C)CC[C@@H]4C[C@]423)cc1. The third kappa shape index (κ3) is 3.74. The van der Waals surface area contributed by atoms with Crippen LogP contribution in [0.2, 0.25) is 0 Å². The Labute approximate surface area is 221 Å².